The number of aromatic nitrogens is 1. The molecule has 4 nitrogen and oxygen atoms in total. The number of benzene rings is 1. The normalized spacial score (nSPS) is 16.1. The van der Waals surface area contributed by atoms with E-state index in [4.69, 9.17) is 4.98 Å². The second-order valence-corrected chi connectivity index (χ2v) is 8.21. The summed E-state index contributed by atoms with van der Waals surface area (Å²) < 4.78 is 22.9. The molecule has 112 valence electrons. The molecule has 0 saturated carbocycles. The van der Waals surface area contributed by atoms with Gasteiger partial charge in [0, 0.05) is 30.3 Å². The summed E-state index contributed by atoms with van der Waals surface area (Å²) in [4.78, 5) is 7.37. The van der Waals surface area contributed by atoms with E-state index < -0.39 is 9.84 Å². The van der Waals surface area contributed by atoms with Crippen molar-refractivity contribution >= 4 is 26.3 Å². The summed E-state index contributed by atoms with van der Waals surface area (Å²) in [5, 5.41) is 3.11. The van der Waals surface area contributed by atoms with Crippen molar-refractivity contribution in [1.82, 2.24) is 4.98 Å². The van der Waals surface area contributed by atoms with Gasteiger partial charge < -0.3 is 4.90 Å². The van der Waals surface area contributed by atoms with Gasteiger partial charge in [-0.1, -0.05) is 12.1 Å². The molecular formula is C15H18N2O2S2. The summed E-state index contributed by atoms with van der Waals surface area (Å²) in [6.07, 6.45) is 5.00. The predicted octanol–water partition coefficient (Wildman–Crippen LogP) is 3.20. The molecule has 0 radical (unpaired) electrons. The molecule has 0 bridgehead atoms. The highest BCUT2D eigenvalue weighted by atomic mass is 32.2. The van der Waals surface area contributed by atoms with Gasteiger partial charge in [0.1, 0.15) is 0 Å². The standard InChI is InChI=1S/C15H18N2O2S2/c1-21(18,19)13-7-5-12(6-8-13)14-11-20-15(16-14)17-9-3-2-4-10-17/h5-8,11H,2-4,9-10H2,1H3. The van der Waals surface area contributed by atoms with Crippen LogP contribution in [0.1, 0.15) is 19.3 Å². The van der Waals surface area contributed by atoms with E-state index in [0.717, 1.165) is 29.5 Å². The van der Waals surface area contributed by atoms with Gasteiger partial charge in [-0.2, -0.15) is 0 Å². The Morgan fingerprint density at radius 3 is 2.38 bits per heavy atom. The number of hydrogen-bond acceptors (Lipinski definition) is 5. The fourth-order valence-corrected chi connectivity index (χ4v) is 4.02. The van der Waals surface area contributed by atoms with Gasteiger partial charge in [-0.3, -0.25) is 0 Å². The van der Waals surface area contributed by atoms with Crippen LogP contribution >= 0.6 is 11.3 Å². The summed E-state index contributed by atoms with van der Waals surface area (Å²) >= 11 is 1.66. The van der Waals surface area contributed by atoms with Gasteiger partial charge in [0.25, 0.3) is 0 Å². The maximum Gasteiger partial charge on any atom is 0.185 e. The molecule has 1 aromatic carbocycles. The van der Waals surface area contributed by atoms with Crippen molar-refractivity contribution in [2.24, 2.45) is 0 Å². The van der Waals surface area contributed by atoms with Crippen LogP contribution in [0.5, 0.6) is 0 Å². The van der Waals surface area contributed by atoms with Crippen LogP contribution in [0.2, 0.25) is 0 Å². The second-order valence-electron chi connectivity index (χ2n) is 5.36. The van der Waals surface area contributed by atoms with Crippen LogP contribution in [-0.2, 0) is 9.84 Å². The monoisotopic (exact) mass is 322 g/mol. The molecule has 0 spiro atoms. The zero-order chi connectivity index (χ0) is 14.9. The first-order chi connectivity index (χ1) is 10.0. The Bertz CT molecular complexity index is 714. The number of piperidine rings is 1. The lowest BCUT2D eigenvalue weighted by molar-refractivity contribution is 0.577. The molecule has 0 N–H and O–H groups in total. The van der Waals surface area contributed by atoms with Gasteiger partial charge in [-0.25, -0.2) is 13.4 Å². The Morgan fingerprint density at radius 2 is 1.76 bits per heavy atom. The zero-order valence-corrected chi connectivity index (χ0v) is 13.6. The minimum Gasteiger partial charge on any atom is -0.348 e. The molecule has 0 amide bonds. The van der Waals surface area contributed by atoms with Crippen LogP contribution in [-0.4, -0.2) is 32.7 Å². The minimum absolute atomic E-state index is 0.345. The zero-order valence-electron chi connectivity index (χ0n) is 11.9. The molecule has 1 fully saturated rings. The largest absolute Gasteiger partial charge is 0.348 e. The van der Waals surface area contributed by atoms with E-state index >= 15 is 0 Å². The molecule has 1 aliphatic rings. The van der Waals surface area contributed by atoms with E-state index in [-0.39, 0.29) is 0 Å². The van der Waals surface area contributed by atoms with Crippen molar-refractivity contribution in [2.75, 3.05) is 24.2 Å². The van der Waals surface area contributed by atoms with Gasteiger partial charge >= 0.3 is 0 Å². The van der Waals surface area contributed by atoms with Crippen LogP contribution in [0.4, 0.5) is 5.13 Å². The third-order valence-electron chi connectivity index (χ3n) is 3.70. The first-order valence-electron chi connectivity index (χ1n) is 7.05. The quantitative estimate of drug-likeness (QED) is 0.871. The van der Waals surface area contributed by atoms with E-state index in [1.807, 2.05) is 17.5 Å². The lowest BCUT2D eigenvalue weighted by atomic mass is 10.1. The van der Waals surface area contributed by atoms with E-state index in [1.165, 1.54) is 25.5 Å². The average molecular weight is 322 g/mol. The molecule has 3 rings (SSSR count). The van der Waals surface area contributed by atoms with Crippen LogP contribution in [0.25, 0.3) is 11.3 Å². The summed E-state index contributed by atoms with van der Waals surface area (Å²) in [7, 11) is -3.14. The fraction of sp³-hybridized carbons (Fsp3) is 0.400. The molecule has 6 heteroatoms. The number of nitrogens with zero attached hydrogens (tertiary/aromatic N) is 2. The van der Waals surface area contributed by atoms with Crippen molar-refractivity contribution in [3.63, 3.8) is 0 Å². The van der Waals surface area contributed by atoms with Crippen molar-refractivity contribution in [1.29, 1.82) is 0 Å². The summed E-state index contributed by atoms with van der Waals surface area (Å²) in [6.45, 7) is 2.17. The van der Waals surface area contributed by atoms with Crippen LogP contribution in [0.15, 0.2) is 34.5 Å². The number of rotatable bonds is 3. The highest BCUT2D eigenvalue weighted by molar-refractivity contribution is 7.90. The lowest BCUT2D eigenvalue weighted by Gasteiger charge is -2.25. The van der Waals surface area contributed by atoms with Gasteiger partial charge in [0.2, 0.25) is 0 Å². The van der Waals surface area contributed by atoms with Gasteiger partial charge in [0.05, 0.1) is 10.6 Å². The average Bonchev–Trinajstić information content (AvgIpc) is 2.97. The maximum atomic E-state index is 11.5. The predicted molar refractivity (Wildman–Crippen MR) is 86.7 cm³/mol. The van der Waals surface area contributed by atoms with E-state index in [2.05, 4.69) is 4.90 Å². The van der Waals surface area contributed by atoms with E-state index in [9.17, 15) is 8.42 Å². The number of hydrogen-bond donors (Lipinski definition) is 0. The Labute approximate surface area is 129 Å². The molecule has 0 atom stereocenters. The Morgan fingerprint density at radius 1 is 1.10 bits per heavy atom. The van der Waals surface area contributed by atoms with Crippen LogP contribution in [0, 0.1) is 0 Å². The second kappa shape index (κ2) is 5.77. The molecular weight excluding hydrogens is 304 g/mol. The van der Waals surface area contributed by atoms with Gasteiger partial charge in [-0.05, 0) is 31.4 Å². The van der Waals surface area contributed by atoms with Crippen LogP contribution < -0.4 is 4.90 Å². The number of sulfone groups is 1. The van der Waals surface area contributed by atoms with Crippen LogP contribution in [0.3, 0.4) is 0 Å². The Kier molecular flexibility index (Phi) is 3.99. The van der Waals surface area contributed by atoms with Gasteiger partial charge in [-0.15, -0.1) is 11.3 Å². The van der Waals surface area contributed by atoms with E-state index in [1.54, 1.807) is 23.5 Å². The summed E-state index contributed by atoms with van der Waals surface area (Å²) in [5.74, 6) is 0. The molecule has 1 saturated heterocycles. The topological polar surface area (TPSA) is 50.3 Å². The third kappa shape index (κ3) is 3.27. The molecule has 2 heterocycles. The Hall–Kier alpha value is -1.40. The highest BCUT2D eigenvalue weighted by Gasteiger charge is 2.15. The van der Waals surface area contributed by atoms with Gasteiger partial charge in [0.15, 0.2) is 15.0 Å². The first-order valence-corrected chi connectivity index (χ1v) is 9.82. The SMILES string of the molecule is CS(=O)(=O)c1ccc(-c2csc(N3CCCCC3)n2)cc1. The molecule has 1 aromatic heterocycles. The molecule has 21 heavy (non-hydrogen) atoms. The highest BCUT2D eigenvalue weighted by Crippen LogP contribution is 2.29. The Balaban J connectivity index is 1.82. The number of anilines is 1. The lowest BCUT2D eigenvalue weighted by Crippen LogP contribution is -2.29. The number of thiazole rings is 1. The smallest absolute Gasteiger partial charge is 0.185 e. The van der Waals surface area contributed by atoms with Crippen molar-refractivity contribution in [3.05, 3.63) is 29.6 Å². The molecule has 0 unspecified atom stereocenters. The summed E-state index contributed by atoms with van der Waals surface area (Å²) in [6, 6.07) is 6.94. The minimum atomic E-state index is -3.14. The third-order valence-corrected chi connectivity index (χ3v) is 5.73. The van der Waals surface area contributed by atoms with Crippen molar-refractivity contribution < 1.29 is 8.42 Å². The maximum absolute atomic E-state index is 11.5. The summed E-state index contributed by atoms with van der Waals surface area (Å²) in [5.41, 5.74) is 1.88. The molecule has 0 aliphatic carbocycles. The molecule has 1 aliphatic heterocycles. The fourth-order valence-electron chi connectivity index (χ4n) is 2.50. The molecule has 2 aromatic rings. The van der Waals surface area contributed by atoms with Crippen molar-refractivity contribution in [3.8, 4) is 11.3 Å². The van der Waals surface area contributed by atoms with Crippen molar-refractivity contribution in [2.45, 2.75) is 24.2 Å². The first kappa shape index (κ1) is 14.5. The van der Waals surface area contributed by atoms with E-state index in [0.29, 0.717) is 4.90 Å².